The molecule has 1 aliphatic carbocycles. The predicted octanol–water partition coefficient (Wildman–Crippen LogP) is 5.98. The topological polar surface area (TPSA) is 32.8 Å². The summed E-state index contributed by atoms with van der Waals surface area (Å²) in [5, 5.41) is 0. The lowest BCUT2D eigenvalue weighted by atomic mass is 9.87. The number of para-hydroxylation sites is 1. The molecule has 0 fully saturated rings. The molecular formula is C34H33FN2O2. The third kappa shape index (κ3) is 5.07. The number of amides is 1. The summed E-state index contributed by atoms with van der Waals surface area (Å²) in [6.45, 7) is 1.26. The molecular weight excluding hydrogens is 487 g/mol. The highest BCUT2D eigenvalue weighted by Crippen LogP contribution is 2.39. The largest absolute Gasteiger partial charge is 0.496 e. The summed E-state index contributed by atoms with van der Waals surface area (Å²) in [7, 11) is 1.69. The van der Waals surface area contributed by atoms with Gasteiger partial charge in [0.2, 0.25) is 5.91 Å². The van der Waals surface area contributed by atoms with Gasteiger partial charge in [0.25, 0.3) is 0 Å². The van der Waals surface area contributed by atoms with Gasteiger partial charge in [0.1, 0.15) is 11.6 Å². The van der Waals surface area contributed by atoms with E-state index in [2.05, 4.69) is 47.4 Å². The number of carbonyl (C=O) groups excluding carboxylic acids is 1. The minimum Gasteiger partial charge on any atom is -0.496 e. The first kappa shape index (κ1) is 25.3. The van der Waals surface area contributed by atoms with Crippen LogP contribution in [0.15, 0.2) is 97.1 Å². The van der Waals surface area contributed by atoms with E-state index in [9.17, 15) is 9.18 Å². The van der Waals surface area contributed by atoms with Gasteiger partial charge in [0, 0.05) is 30.3 Å². The van der Waals surface area contributed by atoms with Gasteiger partial charge in [-0.05, 0) is 53.6 Å². The number of halogens is 1. The molecule has 0 aromatic heterocycles. The van der Waals surface area contributed by atoms with E-state index in [0.29, 0.717) is 5.56 Å². The molecule has 4 aromatic rings. The molecule has 5 heteroatoms. The van der Waals surface area contributed by atoms with E-state index < -0.39 is 0 Å². The first-order valence-corrected chi connectivity index (χ1v) is 13.7. The first-order valence-electron chi connectivity index (χ1n) is 13.7. The number of rotatable bonds is 7. The normalized spacial score (nSPS) is 16.9. The molecule has 198 valence electrons. The Labute approximate surface area is 229 Å². The van der Waals surface area contributed by atoms with Crippen molar-refractivity contribution in [1.29, 1.82) is 0 Å². The molecule has 6 rings (SSSR count). The fourth-order valence-electron chi connectivity index (χ4n) is 6.30. The van der Waals surface area contributed by atoms with E-state index in [1.807, 2.05) is 41.3 Å². The predicted molar refractivity (Wildman–Crippen MR) is 151 cm³/mol. The molecule has 4 nitrogen and oxygen atoms in total. The molecule has 1 heterocycles. The molecule has 1 unspecified atom stereocenters. The van der Waals surface area contributed by atoms with E-state index in [1.165, 1.54) is 28.3 Å². The summed E-state index contributed by atoms with van der Waals surface area (Å²) in [6, 6.07) is 31.6. The van der Waals surface area contributed by atoms with Crippen LogP contribution in [0.2, 0.25) is 0 Å². The number of ether oxygens (including phenoxy) is 1. The maximum atomic E-state index is 14.8. The lowest BCUT2D eigenvalue weighted by Gasteiger charge is -2.39. The minimum absolute atomic E-state index is 0.00343. The zero-order valence-electron chi connectivity index (χ0n) is 22.2. The van der Waals surface area contributed by atoms with Crippen LogP contribution in [-0.4, -0.2) is 41.9 Å². The summed E-state index contributed by atoms with van der Waals surface area (Å²) in [6.07, 6.45) is 2.45. The van der Waals surface area contributed by atoms with Crippen molar-refractivity contribution in [3.63, 3.8) is 0 Å². The highest BCUT2D eigenvalue weighted by Gasteiger charge is 2.35. The Morgan fingerprint density at radius 2 is 1.46 bits per heavy atom. The number of nitrogens with zero attached hydrogens (tertiary/aromatic N) is 2. The number of benzene rings is 4. The van der Waals surface area contributed by atoms with Gasteiger partial charge in [-0.25, -0.2) is 4.39 Å². The van der Waals surface area contributed by atoms with Crippen molar-refractivity contribution in [1.82, 2.24) is 9.80 Å². The molecule has 0 bridgehead atoms. The Morgan fingerprint density at radius 1 is 0.846 bits per heavy atom. The summed E-state index contributed by atoms with van der Waals surface area (Å²) < 4.78 is 20.6. The maximum Gasteiger partial charge on any atom is 0.237 e. The van der Waals surface area contributed by atoms with Crippen LogP contribution in [0, 0.1) is 5.82 Å². The Hall–Kier alpha value is -3.96. The van der Waals surface area contributed by atoms with Crippen molar-refractivity contribution in [2.75, 3.05) is 20.2 Å². The average molecular weight is 521 g/mol. The van der Waals surface area contributed by atoms with Crippen LogP contribution in [0.4, 0.5) is 4.39 Å². The zero-order valence-corrected chi connectivity index (χ0v) is 22.2. The van der Waals surface area contributed by atoms with Gasteiger partial charge in [-0.15, -0.1) is 0 Å². The van der Waals surface area contributed by atoms with Crippen molar-refractivity contribution in [3.8, 4) is 5.75 Å². The highest BCUT2D eigenvalue weighted by molar-refractivity contribution is 5.79. The standard InChI is InChI=1S/C34H33FN2O2/c1-39-32-17-9-7-15-30(32)34-29-14-6-4-10-24(29)18-19-36(34)23-33(38)37(22-27-13-5-8-16-31(27)35)28-20-25-11-2-3-12-26(25)21-28/h2-17,28,34H,18-23H2,1H3. The minimum atomic E-state index is -0.274. The van der Waals surface area contributed by atoms with E-state index >= 15 is 0 Å². The summed E-state index contributed by atoms with van der Waals surface area (Å²) in [5.41, 5.74) is 6.64. The lowest BCUT2D eigenvalue weighted by molar-refractivity contribution is -0.136. The number of fused-ring (bicyclic) bond motifs is 2. The van der Waals surface area contributed by atoms with Crippen LogP contribution in [0.25, 0.3) is 0 Å². The molecule has 4 aromatic carbocycles. The van der Waals surface area contributed by atoms with Gasteiger partial charge in [0.05, 0.1) is 19.7 Å². The van der Waals surface area contributed by atoms with E-state index in [1.54, 1.807) is 19.2 Å². The third-order valence-corrected chi connectivity index (χ3v) is 8.24. The van der Waals surface area contributed by atoms with Gasteiger partial charge in [-0.2, -0.15) is 0 Å². The Bertz CT molecular complexity index is 1460. The highest BCUT2D eigenvalue weighted by atomic mass is 19.1. The second-order valence-electron chi connectivity index (χ2n) is 10.5. The second kappa shape index (κ2) is 11.0. The second-order valence-corrected chi connectivity index (χ2v) is 10.5. The Balaban J connectivity index is 1.33. The molecule has 0 N–H and O–H groups in total. The molecule has 1 aliphatic heterocycles. The summed E-state index contributed by atoms with van der Waals surface area (Å²) in [5.74, 6) is 0.561. The fraction of sp³-hybridized carbons (Fsp3) is 0.265. The molecule has 1 amide bonds. The van der Waals surface area contributed by atoms with Gasteiger partial charge in [-0.3, -0.25) is 9.69 Å². The van der Waals surface area contributed by atoms with Crippen LogP contribution in [0.1, 0.15) is 39.4 Å². The fourth-order valence-corrected chi connectivity index (χ4v) is 6.30. The quantitative estimate of drug-likeness (QED) is 0.301. The molecule has 0 spiro atoms. The van der Waals surface area contributed by atoms with Gasteiger partial charge < -0.3 is 9.64 Å². The monoisotopic (exact) mass is 520 g/mol. The number of methoxy groups -OCH3 is 1. The van der Waals surface area contributed by atoms with Gasteiger partial charge in [0.15, 0.2) is 0 Å². The molecule has 1 atom stereocenters. The molecule has 0 radical (unpaired) electrons. The van der Waals surface area contributed by atoms with Gasteiger partial charge >= 0.3 is 0 Å². The van der Waals surface area contributed by atoms with Crippen LogP contribution in [0.5, 0.6) is 5.75 Å². The Morgan fingerprint density at radius 3 is 2.18 bits per heavy atom. The molecule has 39 heavy (non-hydrogen) atoms. The van der Waals surface area contributed by atoms with E-state index in [0.717, 1.165) is 37.1 Å². The zero-order chi connectivity index (χ0) is 26.8. The average Bonchev–Trinajstić information content (AvgIpc) is 3.40. The third-order valence-electron chi connectivity index (χ3n) is 8.24. The van der Waals surface area contributed by atoms with Crippen molar-refractivity contribution >= 4 is 5.91 Å². The number of hydrogen-bond donors (Lipinski definition) is 0. The summed E-state index contributed by atoms with van der Waals surface area (Å²) >= 11 is 0. The van der Waals surface area contributed by atoms with Crippen LogP contribution >= 0.6 is 0 Å². The van der Waals surface area contributed by atoms with Crippen molar-refractivity contribution in [3.05, 3.63) is 136 Å². The molecule has 0 saturated carbocycles. The lowest BCUT2D eigenvalue weighted by Crippen LogP contribution is -2.48. The SMILES string of the molecule is COc1ccccc1C1c2ccccc2CCN1CC(=O)N(Cc1ccccc1F)C1Cc2ccccc2C1. The maximum absolute atomic E-state index is 14.8. The Kier molecular flexibility index (Phi) is 7.16. The van der Waals surface area contributed by atoms with Crippen molar-refractivity contribution in [2.45, 2.75) is 37.9 Å². The van der Waals surface area contributed by atoms with Crippen molar-refractivity contribution < 1.29 is 13.9 Å². The van der Waals surface area contributed by atoms with Gasteiger partial charge in [-0.1, -0.05) is 84.9 Å². The summed E-state index contributed by atoms with van der Waals surface area (Å²) in [4.78, 5) is 18.4. The van der Waals surface area contributed by atoms with Crippen LogP contribution < -0.4 is 4.74 Å². The molecule has 2 aliphatic rings. The first-order chi connectivity index (χ1) is 19.1. The van der Waals surface area contributed by atoms with E-state index in [-0.39, 0.29) is 36.9 Å². The molecule has 0 saturated heterocycles. The van der Waals surface area contributed by atoms with E-state index in [4.69, 9.17) is 4.74 Å². The smallest absolute Gasteiger partial charge is 0.237 e. The number of carbonyl (C=O) groups is 1. The number of hydrogen-bond acceptors (Lipinski definition) is 3. The van der Waals surface area contributed by atoms with Crippen LogP contribution in [0.3, 0.4) is 0 Å². The van der Waals surface area contributed by atoms with Crippen molar-refractivity contribution in [2.24, 2.45) is 0 Å². The van der Waals surface area contributed by atoms with Crippen LogP contribution in [-0.2, 0) is 30.6 Å².